The summed E-state index contributed by atoms with van der Waals surface area (Å²) in [5.74, 6) is 0.160. The fraction of sp³-hybridized carbons (Fsp3) is 0.176. The molecule has 0 unspecified atom stereocenters. The Morgan fingerprint density at radius 2 is 1.74 bits per heavy atom. The molecule has 0 saturated heterocycles. The second-order valence-electron chi connectivity index (χ2n) is 4.94. The lowest BCUT2D eigenvalue weighted by atomic mass is 10.2. The second-order valence-corrected chi connectivity index (χ2v) is 4.94. The minimum absolute atomic E-state index is 0.108. The molecule has 0 aliphatic carbocycles. The van der Waals surface area contributed by atoms with Gasteiger partial charge in [-0.2, -0.15) is 0 Å². The van der Waals surface area contributed by atoms with Gasteiger partial charge in [0.2, 0.25) is 11.8 Å². The predicted octanol–water partition coefficient (Wildman–Crippen LogP) is 3.04. The molecule has 0 bridgehead atoms. The Morgan fingerprint density at radius 3 is 2.26 bits per heavy atom. The fourth-order valence-electron chi connectivity index (χ4n) is 2.24. The van der Waals surface area contributed by atoms with Gasteiger partial charge in [0.15, 0.2) is 0 Å². The minimum Gasteiger partial charge on any atom is -0.508 e. The molecule has 0 saturated carbocycles. The molecule has 2 aromatic carbocycles. The van der Waals surface area contributed by atoms with Crippen molar-refractivity contribution in [1.29, 1.82) is 0 Å². The van der Waals surface area contributed by atoms with Crippen LogP contribution in [-0.4, -0.2) is 24.0 Å². The first-order chi connectivity index (χ1) is 10.9. The van der Waals surface area contributed by atoms with Crippen molar-refractivity contribution in [3.05, 3.63) is 42.5 Å². The molecule has 0 heterocycles. The summed E-state index contributed by atoms with van der Waals surface area (Å²) in [6.45, 7) is 2.84. The Hall–Kier alpha value is -3.02. The number of nitrogens with one attached hydrogen (secondary N) is 1. The minimum atomic E-state index is -0.228. The van der Waals surface area contributed by atoms with Gasteiger partial charge in [0.1, 0.15) is 11.5 Å². The van der Waals surface area contributed by atoms with E-state index in [-0.39, 0.29) is 17.6 Å². The number of ether oxygens (including phenoxy) is 1. The zero-order valence-corrected chi connectivity index (χ0v) is 13.2. The number of anilines is 3. The topological polar surface area (TPSA) is 78.9 Å². The first kappa shape index (κ1) is 16.4. The number of benzene rings is 2. The molecule has 23 heavy (non-hydrogen) atoms. The normalized spacial score (nSPS) is 10.0. The Labute approximate surface area is 134 Å². The molecule has 0 radical (unpaired) electrons. The number of methoxy groups -OCH3 is 1. The average Bonchev–Trinajstić information content (AvgIpc) is 2.49. The zero-order valence-electron chi connectivity index (χ0n) is 13.2. The highest BCUT2D eigenvalue weighted by Crippen LogP contribution is 2.36. The van der Waals surface area contributed by atoms with Crippen LogP contribution in [0.5, 0.6) is 11.5 Å². The molecule has 6 nitrogen and oxygen atoms in total. The third-order valence-electron chi connectivity index (χ3n) is 3.16. The molecule has 2 amide bonds. The van der Waals surface area contributed by atoms with Crippen LogP contribution in [0.1, 0.15) is 13.8 Å². The van der Waals surface area contributed by atoms with Gasteiger partial charge in [0, 0.05) is 25.2 Å². The van der Waals surface area contributed by atoms with Crippen LogP contribution in [0, 0.1) is 0 Å². The van der Waals surface area contributed by atoms with Crippen LogP contribution >= 0.6 is 0 Å². The molecule has 2 aromatic rings. The van der Waals surface area contributed by atoms with Crippen molar-refractivity contribution in [2.75, 3.05) is 17.3 Å². The number of carbonyl (C=O) groups is 2. The Bertz CT molecular complexity index is 726. The van der Waals surface area contributed by atoms with Crippen molar-refractivity contribution in [2.24, 2.45) is 0 Å². The van der Waals surface area contributed by atoms with E-state index < -0.39 is 0 Å². The summed E-state index contributed by atoms with van der Waals surface area (Å²) >= 11 is 0. The van der Waals surface area contributed by atoms with E-state index in [0.29, 0.717) is 22.8 Å². The van der Waals surface area contributed by atoms with Crippen molar-refractivity contribution < 1.29 is 19.4 Å². The van der Waals surface area contributed by atoms with Crippen LogP contribution in [0.25, 0.3) is 0 Å². The maximum Gasteiger partial charge on any atom is 0.228 e. The van der Waals surface area contributed by atoms with Gasteiger partial charge >= 0.3 is 0 Å². The molecule has 120 valence electrons. The van der Waals surface area contributed by atoms with E-state index in [1.165, 1.54) is 38.0 Å². The summed E-state index contributed by atoms with van der Waals surface area (Å²) in [6.07, 6.45) is 0. The molecule has 0 aromatic heterocycles. The lowest BCUT2D eigenvalue weighted by Crippen LogP contribution is -2.23. The average molecular weight is 314 g/mol. The lowest BCUT2D eigenvalue weighted by Gasteiger charge is -2.24. The number of hydrogen-bond acceptors (Lipinski definition) is 4. The van der Waals surface area contributed by atoms with E-state index in [9.17, 15) is 14.7 Å². The smallest absolute Gasteiger partial charge is 0.228 e. The maximum atomic E-state index is 12.2. The summed E-state index contributed by atoms with van der Waals surface area (Å²) in [5, 5.41) is 12.1. The molecule has 2 N–H and O–H groups in total. The van der Waals surface area contributed by atoms with E-state index in [4.69, 9.17) is 4.74 Å². The monoisotopic (exact) mass is 314 g/mol. The number of amides is 2. The van der Waals surface area contributed by atoms with Gasteiger partial charge in [-0.25, -0.2) is 0 Å². The van der Waals surface area contributed by atoms with Crippen molar-refractivity contribution in [3.63, 3.8) is 0 Å². The Morgan fingerprint density at radius 1 is 1.09 bits per heavy atom. The number of hydrogen-bond donors (Lipinski definition) is 2. The van der Waals surface area contributed by atoms with Gasteiger partial charge in [-0.15, -0.1) is 0 Å². The summed E-state index contributed by atoms with van der Waals surface area (Å²) in [6, 6.07) is 11.3. The SMILES string of the molecule is COc1ccc(NC(C)=O)cc1N(C(C)=O)c1ccc(O)cc1. The number of nitrogens with zero attached hydrogens (tertiary/aromatic N) is 1. The van der Waals surface area contributed by atoms with E-state index in [2.05, 4.69) is 5.32 Å². The van der Waals surface area contributed by atoms with E-state index in [1.54, 1.807) is 30.3 Å². The third kappa shape index (κ3) is 3.79. The van der Waals surface area contributed by atoms with Crippen LogP contribution in [0.4, 0.5) is 17.1 Å². The predicted molar refractivity (Wildman–Crippen MR) is 88.2 cm³/mol. The molecule has 2 rings (SSSR count). The third-order valence-corrected chi connectivity index (χ3v) is 3.16. The van der Waals surface area contributed by atoms with Gasteiger partial charge < -0.3 is 15.2 Å². The van der Waals surface area contributed by atoms with Crippen LogP contribution in [0.2, 0.25) is 0 Å². The first-order valence-electron chi connectivity index (χ1n) is 6.97. The zero-order chi connectivity index (χ0) is 17.0. The number of aromatic hydroxyl groups is 1. The highest BCUT2D eigenvalue weighted by atomic mass is 16.5. The molecule has 0 fully saturated rings. The van der Waals surface area contributed by atoms with Crippen molar-refractivity contribution in [1.82, 2.24) is 0 Å². The van der Waals surface area contributed by atoms with E-state index in [0.717, 1.165) is 0 Å². The van der Waals surface area contributed by atoms with Gasteiger partial charge in [-0.05, 0) is 42.5 Å². The van der Waals surface area contributed by atoms with Crippen LogP contribution in [0.15, 0.2) is 42.5 Å². The van der Waals surface area contributed by atoms with Gasteiger partial charge in [0.25, 0.3) is 0 Å². The van der Waals surface area contributed by atoms with Gasteiger partial charge in [-0.1, -0.05) is 0 Å². The maximum absolute atomic E-state index is 12.2. The van der Waals surface area contributed by atoms with Gasteiger partial charge in [0.05, 0.1) is 12.8 Å². The van der Waals surface area contributed by atoms with Crippen molar-refractivity contribution in [2.45, 2.75) is 13.8 Å². The van der Waals surface area contributed by atoms with E-state index in [1.807, 2.05) is 0 Å². The van der Waals surface area contributed by atoms with Crippen LogP contribution < -0.4 is 15.0 Å². The molecular formula is C17H18N2O4. The Kier molecular flexibility index (Phi) is 4.85. The summed E-state index contributed by atoms with van der Waals surface area (Å²) < 4.78 is 5.33. The van der Waals surface area contributed by atoms with E-state index >= 15 is 0 Å². The molecule has 0 spiro atoms. The Balaban J connectivity index is 2.55. The number of phenolic OH excluding ortho intramolecular Hbond substituents is 1. The lowest BCUT2D eigenvalue weighted by molar-refractivity contribution is -0.116. The standard InChI is InChI=1S/C17H18N2O4/c1-11(20)18-13-4-9-17(23-3)16(10-13)19(12(2)21)14-5-7-15(22)8-6-14/h4-10,22H,1-3H3,(H,18,20). The summed E-state index contributed by atoms with van der Waals surface area (Å²) in [7, 11) is 1.51. The first-order valence-corrected chi connectivity index (χ1v) is 6.97. The largest absolute Gasteiger partial charge is 0.508 e. The van der Waals surface area contributed by atoms with Crippen molar-refractivity contribution in [3.8, 4) is 11.5 Å². The number of phenols is 1. The molecular weight excluding hydrogens is 296 g/mol. The summed E-state index contributed by atoms with van der Waals surface area (Å²) in [5.41, 5.74) is 1.63. The molecule has 0 aliphatic heterocycles. The molecule has 0 aliphatic rings. The molecule has 6 heteroatoms. The van der Waals surface area contributed by atoms with Crippen molar-refractivity contribution >= 4 is 28.9 Å². The highest BCUT2D eigenvalue weighted by Gasteiger charge is 2.19. The number of carbonyl (C=O) groups excluding carboxylic acids is 2. The quantitative estimate of drug-likeness (QED) is 0.909. The van der Waals surface area contributed by atoms with Crippen LogP contribution in [-0.2, 0) is 9.59 Å². The highest BCUT2D eigenvalue weighted by molar-refractivity contribution is 6.01. The fourth-order valence-corrected chi connectivity index (χ4v) is 2.24. The van der Waals surface area contributed by atoms with Crippen LogP contribution in [0.3, 0.4) is 0 Å². The second kappa shape index (κ2) is 6.83. The summed E-state index contributed by atoms with van der Waals surface area (Å²) in [4.78, 5) is 24.8. The van der Waals surface area contributed by atoms with Gasteiger partial charge in [-0.3, -0.25) is 14.5 Å². The number of rotatable bonds is 4. The molecule has 0 atom stereocenters.